The van der Waals surface area contributed by atoms with Crippen molar-refractivity contribution < 1.29 is 27.0 Å². The molecule has 0 radical (unpaired) electrons. The van der Waals surface area contributed by atoms with Gasteiger partial charge in [-0.2, -0.15) is 0 Å². The summed E-state index contributed by atoms with van der Waals surface area (Å²) < 4.78 is 66.5. The number of ether oxygens (including phenoxy) is 2. The lowest BCUT2D eigenvalue weighted by Gasteiger charge is -2.09. The van der Waals surface area contributed by atoms with Crippen LogP contribution in [-0.2, 0) is 0 Å². The van der Waals surface area contributed by atoms with Crippen LogP contribution in [0, 0.1) is 23.3 Å². The molecule has 216 valence electrons. The summed E-state index contributed by atoms with van der Waals surface area (Å²) >= 11 is 0. The van der Waals surface area contributed by atoms with Crippen molar-refractivity contribution in [2.24, 2.45) is 0 Å². The maximum absolute atomic E-state index is 14.4. The lowest BCUT2D eigenvalue weighted by molar-refractivity contribution is 0.301. The van der Waals surface area contributed by atoms with Gasteiger partial charge in [-0.05, 0) is 72.5 Å². The van der Waals surface area contributed by atoms with Gasteiger partial charge in [-0.1, -0.05) is 69.2 Å². The molecule has 0 atom stereocenters. The van der Waals surface area contributed by atoms with Gasteiger partial charge in [0.15, 0.2) is 0 Å². The van der Waals surface area contributed by atoms with Gasteiger partial charge in [0.1, 0.15) is 34.8 Å². The molecule has 0 aliphatic heterocycles. The minimum absolute atomic E-state index is 0.348. The Labute approximate surface area is 240 Å². The van der Waals surface area contributed by atoms with Crippen LogP contribution < -0.4 is 9.47 Å². The number of hydrogen-bond acceptors (Lipinski definition) is 2. The molecule has 0 aliphatic rings. The molecule has 0 N–H and O–H groups in total. The molecule has 0 fully saturated rings. The normalized spacial score (nSPS) is 11.0. The zero-order chi connectivity index (χ0) is 28.9. The Bertz CT molecular complexity index is 1250. The molecule has 4 rings (SSSR count). The first-order valence-electron chi connectivity index (χ1n) is 14.4. The van der Waals surface area contributed by atoms with Crippen molar-refractivity contribution in [2.45, 2.75) is 57.8 Å². The Balaban J connectivity index is 0.997. The first-order valence-corrected chi connectivity index (χ1v) is 14.4. The van der Waals surface area contributed by atoms with Crippen molar-refractivity contribution in [3.05, 3.63) is 108 Å². The highest BCUT2D eigenvalue weighted by Gasteiger charge is 2.08. The van der Waals surface area contributed by atoms with Crippen molar-refractivity contribution in [3.63, 3.8) is 0 Å². The Morgan fingerprint density at radius 2 is 0.732 bits per heavy atom. The average molecular weight is 565 g/mol. The minimum Gasteiger partial charge on any atom is -0.493 e. The van der Waals surface area contributed by atoms with Gasteiger partial charge < -0.3 is 9.47 Å². The summed E-state index contributed by atoms with van der Waals surface area (Å²) in [5.41, 5.74) is 2.11. The lowest BCUT2D eigenvalue weighted by atomic mass is 10.0. The molecule has 2 nitrogen and oxygen atoms in total. The second kappa shape index (κ2) is 15.8. The number of benzene rings is 4. The third-order valence-electron chi connectivity index (χ3n) is 7.02. The van der Waals surface area contributed by atoms with Crippen molar-refractivity contribution in [2.75, 3.05) is 13.2 Å². The summed E-state index contributed by atoms with van der Waals surface area (Å²) in [6.45, 7) is 1.10. The molecule has 0 heterocycles. The topological polar surface area (TPSA) is 18.5 Å². The molecule has 0 saturated heterocycles. The fraction of sp³-hybridized carbons (Fsp3) is 0.314. The largest absolute Gasteiger partial charge is 0.493 e. The Kier molecular flexibility index (Phi) is 11.7. The smallest absolute Gasteiger partial charge is 0.134 e. The second-order valence-corrected chi connectivity index (χ2v) is 10.2. The van der Waals surface area contributed by atoms with Crippen LogP contribution in [-0.4, -0.2) is 13.2 Å². The van der Waals surface area contributed by atoms with Crippen LogP contribution >= 0.6 is 0 Å². The van der Waals surface area contributed by atoms with Gasteiger partial charge in [0.05, 0.1) is 13.2 Å². The van der Waals surface area contributed by atoms with E-state index in [1.165, 1.54) is 55.7 Å². The van der Waals surface area contributed by atoms with Crippen LogP contribution in [0.4, 0.5) is 17.6 Å². The molecule has 4 aromatic carbocycles. The highest BCUT2D eigenvalue weighted by molar-refractivity contribution is 5.65. The zero-order valence-electron chi connectivity index (χ0n) is 23.2. The molecular weight excluding hydrogens is 528 g/mol. The highest BCUT2D eigenvalue weighted by atomic mass is 19.1. The number of halogens is 4. The number of unbranched alkanes of at least 4 members (excludes halogenated alkanes) is 8. The molecule has 4 aromatic rings. The van der Waals surface area contributed by atoms with Gasteiger partial charge in [-0.3, -0.25) is 0 Å². The summed E-state index contributed by atoms with van der Waals surface area (Å²) in [6.07, 6.45) is 9.81. The average Bonchev–Trinajstić information content (AvgIpc) is 2.97. The SMILES string of the molecule is Fc1ccc(-c2ccc(OCCCCCCCCCCCOc3ccc(-c4ccc(F)cc4)c(F)c3)cc2F)cc1. The molecule has 6 heteroatoms. The van der Waals surface area contributed by atoms with E-state index in [1.807, 2.05) is 0 Å². The molecule has 41 heavy (non-hydrogen) atoms. The van der Waals surface area contributed by atoms with Crippen LogP contribution in [0.2, 0.25) is 0 Å². The predicted octanol–water partition coefficient (Wildman–Crippen LogP) is 10.5. The summed E-state index contributed by atoms with van der Waals surface area (Å²) in [7, 11) is 0. The molecule has 0 spiro atoms. The molecule has 0 amide bonds. The Hall–Kier alpha value is -3.80. The van der Waals surface area contributed by atoms with Gasteiger partial charge in [0, 0.05) is 23.3 Å². The van der Waals surface area contributed by atoms with E-state index < -0.39 is 0 Å². The van der Waals surface area contributed by atoms with E-state index in [0.717, 1.165) is 38.5 Å². The van der Waals surface area contributed by atoms with Crippen LogP contribution in [0.3, 0.4) is 0 Å². The standard InChI is InChI=1S/C35H36F4O2/c36-28-14-10-26(11-15-28)32-20-18-30(24-34(32)38)40-22-8-6-4-2-1-3-5-7-9-23-41-31-19-21-33(35(39)25-31)27-12-16-29(37)17-13-27/h10-21,24-25H,1-9,22-23H2. The number of hydrogen-bond donors (Lipinski definition) is 0. The van der Waals surface area contributed by atoms with Crippen LogP contribution in [0.25, 0.3) is 22.3 Å². The zero-order valence-corrected chi connectivity index (χ0v) is 23.2. The summed E-state index contributed by atoms with van der Waals surface area (Å²) in [5, 5.41) is 0. The van der Waals surface area contributed by atoms with Crippen LogP contribution in [0.5, 0.6) is 11.5 Å². The van der Waals surface area contributed by atoms with E-state index in [0.29, 0.717) is 47.0 Å². The van der Waals surface area contributed by atoms with Gasteiger partial charge in [0.2, 0.25) is 0 Å². The number of rotatable bonds is 16. The monoisotopic (exact) mass is 564 g/mol. The van der Waals surface area contributed by atoms with E-state index in [-0.39, 0.29) is 23.3 Å². The van der Waals surface area contributed by atoms with Gasteiger partial charge in [0.25, 0.3) is 0 Å². The Morgan fingerprint density at radius 3 is 1.07 bits per heavy atom. The third-order valence-corrected chi connectivity index (χ3v) is 7.02. The molecular formula is C35H36F4O2. The quantitative estimate of drug-likeness (QED) is 0.0995. The Morgan fingerprint density at radius 1 is 0.390 bits per heavy atom. The van der Waals surface area contributed by atoms with Crippen molar-refractivity contribution >= 4 is 0 Å². The molecule has 0 bridgehead atoms. The first kappa shape index (κ1) is 30.2. The summed E-state index contributed by atoms with van der Waals surface area (Å²) in [6, 6.07) is 21.1. The van der Waals surface area contributed by atoms with Gasteiger partial charge in [-0.25, -0.2) is 17.6 Å². The van der Waals surface area contributed by atoms with E-state index in [2.05, 4.69) is 0 Å². The van der Waals surface area contributed by atoms with Crippen LogP contribution in [0.15, 0.2) is 84.9 Å². The van der Waals surface area contributed by atoms with Gasteiger partial charge >= 0.3 is 0 Å². The fourth-order valence-electron chi connectivity index (χ4n) is 4.72. The van der Waals surface area contributed by atoms with E-state index in [9.17, 15) is 17.6 Å². The lowest BCUT2D eigenvalue weighted by Crippen LogP contribution is -1.98. The molecule has 0 aliphatic carbocycles. The van der Waals surface area contributed by atoms with Crippen molar-refractivity contribution in [1.82, 2.24) is 0 Å². The second-order valence-electron chi connectivity index (χ2n) is 10.2. The first-order chi connectivity index (χ1) is 20.0. The maximum Gasteiger partial charge on any atom is 0.134 e. The van der Waals surface area contributed by atoms with Crippen molar-refractivity contribution in [1.29, 1.82) is 0 Å². The summed E-state index contributed by atoms with van der Waals surface area (Å²) in [5.74, 6) is -0.452. The van der Waals surface area contributed by atoms with E-state index in [4.69, 9.17) is 9.47 Å². The highest BCUT2D eigenvalue weighted by Crippen LogP contribution is 2.28. The minimum atomic E-state index is -0.383. The molecule has 0 unspecified atom stereocenters. The van der Waals surface area contributed by atoms with Gasteiger partial charge in [-0.15, -0.1) is 0 Å². The van der Waals surface area contributed by atoms with E-state index >= 15 is 0 Å². The van der Waals surface area contributed by atoms with Crippen molar-refractivity contribution in [3.8, 4) is 33.8 Å². The predicted molar refractivity (Wildman–Crippen MR) is 156 cm³/mol. The molecule has 0 saturated carbocycles. The third kappa shape index (κ3) is 9.66. The van der Waals surface area contributed by atoms with E-state index in [1.54, 1.807) is 48.5 Å². The summed E-state index contributed by atoms with van der Waals surface area (Å²) in [4.78, 5) is 0. The molecule has 0 aromatic heterocycles. The van der Waals surface area contributed by atoms with Crippen LogP contribution in [0.1, 0.15) is 57.8 Å². The maximum atomic E-state index is 14.4. The fourth-order valence-corrected chi connectivity index (χ4v) is 4.72.